The summed E-state index contributed by atoms with van der Waals surface area (Å²) < 4.78 is 5.32. The number of ether oxygens (including phenoxy) is 1. The summed E-state index contributed by atoms with van der Waals surface area (Å²) in [4.78, 5) is 0. The Morgan fingerprint density at radius 2 is 1.78 bits per heavy atom. The van der Waals surface area contributed by atoms with Crippen LogP contribution in [0, 0.1) is 13.8 Å². The van der Waals surface area contributed by atoms with Crippen LogP contribution in [0.4, 0.5) is 0 Å². The number of methoxy groups -OCH3 is 1. The zero-order valence-electron chi connectivity index (χ0n) is 12.3. The van der Waals surface area contributed by atoms with Gasteiger partial charge in [-0.1, -0.05) is 12.5 Å². The van der Waals surface area contributed by atoms with Gasteiger partial charge in [0.25, 0.3) is 0 Å². The van der Waals surface area contributed by atoms with Crippen LogP contribution in [-0.2, 0) is 6.42 Å². The first kappa shape index (κ1) is 15.0. The molecular formula is C16H26O2. The van der Waals surface area contributed by atoms with Gasteiger partial charge in [0.1, 0.15) is 5.75 Å². The van der Waals surface area contributed by atoms with Crippen molar-refractivity contribution in [2.45, 2.75) is 59.0 Å². The van der Waals surface area contributed by atoms with E-state index < -0.39 is 5.60 Å². The molecule has 0 heterocycles. The van der Waals surface area contributed by atoms with Gasteiger partial charge in [-0.15, -0.1) is 0 Å². The van der Waals surface area contributed by atoms with Gasteiger partial charge in [-0.05, 0) is 69.7 Å². The topological polar surface area (TPSA) is 29.5 Å². The van der Waals surface area contributed by atoms with Gasteiger partial charge >= 0.3 is 0 Å². The van der Waals surface area contributed by atoms with E-state index in [1.807, 2.05) is 13.8 Å². The van der Waals surface area contributed by atoms with Crippen LogP contribution in [0.1, 0.15) is 49.8 Å². The Morgan fingerprint density at radius 1 is 1.11 bits per heavy atom. The van der Waals surface area contributed by atoms with Gasteiger partial charge in [-0.25, -0.2) is 0 Å². The normalized spacial score (nSPS) is 11.7. The second kappa shape index (κ2) is 6.24. The van der Waals surface area contributed by atoms with Crippen molar-refractivity contribution in [2.24, 2.45) is 0 Å². The summed E-state index contributed by atoms with van der Waals surface area (Å²) in [5, 5.41) is 9.67. The standard InChI is InChI=1S/C16H26O2/c1-12-11-15(18-5)13(2)10-14(12)8-6-7-9-16(3,4)17/h10-11,17H,6-9H2,1-5H3. The largest absolute Gasteiger partial charge is 0.496 e. The Balaban J connectivity index is 2.55. The zero-order valence-corrected chi connectivity index (χ0v) is 12.3. The van der Waals surface area contributed by atoms with Crippen LogP contribution in [0.25, 0.3) is 0 Å². The van der Waals surface area contributed by atoms with Gasteiger partial charge in [-0.3, -0.25) is 0 Å². The van der Waals surface area contributed by atoms with Crippen LogP contribution in [0.3, 0.4) is 0 Å². The molecule has 0 spiro atoms. The van der Waals surface area contributed by atoms with Crippen LogP contribution in [-0.4, -0.2) is 17.8 Å². The van der Waals surface area contributed by atoms with Gasteiger partial charge < -0.3 is 9.84 Å². The van der Waals surface area contributed by atoms with E-state index in [2.05, 4.69) is 26.0 Å². The Kier molecular flexibility index (Phi) is 5.21. The first-order valence-electron chi connectivity index (χ1n) is 6.70. The molecule has 0 aliphatic carbocycles. The Labute approximate surface area is 111 Å². The molecule has 18 heavy (non-hydrogen) atoms. The fourth-order valence-electron chi connectivity index (χ4n) is 2.21. The minimum Gasteiger partial charge on any atom is -0.496 e. The third-order valence-electron chi connectivity index (χ3n) is 3.34. The summed E-state index contributed by atoms with van der Waals surface area (Å²) in [5.41, 5.74) is 3.34. The molecule has 0 saturated heterocycles. The monoisotopic (exact) mass is 250 g/mol. The number of rotatable bonds is 6. The van der Waals surface area contributed by atoms with Crippen molar-refractivity contribution < 1.29 is 9.84 Å². The molecule has 0 fully saturated rings. The lowest BCUT2D eigenvalue weighted by atomic mass is 9.96. The van der Waals surface area contributed by atoms with Crippen LogP contribution in [0.15, 0.2) is 12.1 Å². The van der Waals surface area contributed by atoms with Crippen LogP contribution < -0.4 is 4.74 Å². The van der Waals surface area contributed by atoms with E-state index in [0.717, 1.165) is 31.4 Å². The molecule has 1 aromatic rings. The smallest absolute Gasteiger partial charge is 0.122 e. The van der Waals surface area contributed by atoms with Crippen molar-refractivity contribution in [3.8, 4) is 5.75 Å². The highest BCUT2D eigenvalue weighted by Crippen LogP contribution is 2.24. The van der Waals surface area contributed by atoms with Crippen molar-refractivity contribution in [2.75, 3.05) is 7.11 Å². The van der Waals surface area contributed by atoms with E-state index in [1.54, 1.807) is 7.11 Å². The average Bonchev–Trinajstić information content (AvgIpc) is 2.27. The number of hydrogen-bond acceptors (Lipinski definition) is 2. The fraction of sp³-hybridized carbons (Fsp3) is 0.625. The SMILES string of the molecule is COc1cc(C)c(CCCCC(C)(C)O)cc1C. The minimum atomic E-state index is -0.537. The van der Waals surface area contributed by atoms with E-state index in [0.29, 0.717) is 0 Å². The highest BCUT2D eigenvalue weighted by Gasteiger charge is 2.11. The molecule has 0 bridgehead atoms. The number of aryl methyl sites for hydroxylation is 3. The lowest BCUT2D eigenvalue weighted by Crippen LogP contribution is -2.17. The highest BCUT2D eigenvalue weighted by atomic mass is 16.5. The predicted octanol–water partition coefficient (Wildman–Crippen LogP) is 3.80. The number of benzene rings is 1. The number of hydrogen-bond donors (Lipinski definition) is 1. The van der Waals surface area contributed by atoms with Crippen LogP contribution in [0.2, 0.25) is 0 Å². The number of unbranched alkanes of at least 4 members (excludes halogenated alkanes) is 1. The summed E-state index contributed by atoms with van der Waals surface area (Å²) in [7, 11) is 1.71. The maximum absolute atomic E-state index is 9.67. The van der Waals surface area contributed by atoms with Gasteiger partial charge in [-0.2, -0.15) is 0 Å². The lowest BCUT2D eigenvalue weighted by Gasteiger charge is -2.17. The summed E-state index contributed by atoms with van der Waals surface area (Å²) in [6.45, 7) is 7.96. The summed E-state index contributed by atoms with van der Waals surface area (Å²) in [6, 6.07) is 4.33. The molecule has 2 heteroatoms. The first-order valence-corrected chi connectivity index (χ1v) is 6.70. The van der Waals surface area contributed by atoms with Gasteiger partial charge in [0.05, 0.1) is 12.7 Å². The van der Waals surface area contributed by atoms with E-state index in [4.69, 9.17) is 4.74 Å². The third kappa shape index (κ3) is 4.69. The van der Waals surface area contributed by atoms with Crippen molar-refractivity contribution in [1.29, 1.82) is 0 Å². The van der Waals surface area contributed by atoms with E-state index in [-0.39, 0.29) is 0 Å². The van der Waals surface area contributed by atoms with Gasteiger partial charge in [0, 0.05) is 0 Å². The zero-order chi connectivity index (χ0) is 13.8. The molecule has 0 radical (unpaired) electrons. The molecule has 1 aromatic carbocycles. The molecule has 2 nitrogen and oxygen atoms in total. The Hall–Kier alpha value is -1.02. The molecule has 0 unspecified atom stereocenters. The van der Waals surface area contributed by atoms with Gasteiger partial charge in [0.2, 0.25) is 0 Å². The minimum absolute atomic E-state index is 0.537. The van der Waals surface area contributed by atoms with Crippen molar-refractivity contribution in [3.63, 3.8) is 0 Å². The Bertz CT molecular complexity index is 389. The average molecular weight is 250 g/mol. The molecule has 0 atom stereocenters. The summed E-state index contributed by atoms with van der Waals surface area (Å²) in [5.74, 6) is 0.966. The maximum atomic E-state index is 9.67. The molecule has 1 N–H and O–H groups in total. The van der Waals surface area contributed by atoms with E-state index in [1.165, 1.54) is 16.7 Å². The molecule has 0 aromatic heterocycles. The van der Waals surface area contributed by atoms with Crippen molar-refractivity contribution in [1.82, 2.24) is 0 Å². The molecule has 1 rings (SSSR count). The first-order chi connectivity index (χ1) is 8.33. The van der Waals surface area contributed by atoms with Crippen molar-refractivity contribution >= 4 is 0 Å². The summed E-state index contributed by atoms with van der Waals surface area (Å²) >= 11 is 0. The van der Waals surface area contributed by atoms with Crippen molar-refractivity contribution in [3.05, 3.63) is 28.8 Å². The Morgan fingerprint density at radius 3 is 2.33 bits per heavy atom. The second-order valence-electron chi connectivity index (χ2n) is 5.77. The number of aliphatic hydroxyl groups is 1. The summed E-state index contributed by atoms with van der Waals surface area (Å²) in [6.07, 6.45) is 4.12. The predicted molar refractivity (Wildman–Crippen MR) is 76.3 cm³/mol. The molecule has 0 saturated carbocycles. The molecule has 102 valence electrons. The second-order valence-corrected chi connectivity index (χ2v) is 5.77. The van der Waals surface area contributed by atoms with Gasteiger partial charge in [0.15, 0.2) is 0 Å². The quantitative estimate of drug-likeness (QED) is 0.778. The molecule has 0 amide bonds. The van der Waals surface area contributed by atoms with Crippen LogP contribution in [0.5, 0.6) is 5.75 Å². The third-order valence-corrected chi connectivity index (χ3v) is 3.34. The molecule has 0 aliphatic heterocycles. The van der Waals surface area contributed by atoms with E-state index >= 15 is 0 Å². The maximum Gasteiger partial charge on any atom is 0.122 e. The highest BCUT2D eigenvalue weighted by molar-refractivity contribution is 5.41. The van der Waals surface area contributed by atoms with Crippen LogP contribution >= 0.6 is 0 Å². The fourth-order valence-corrected chi connectivity index (χ4v) is 2.21. The molecular weight excluding hydrogens is 224 g/mol. The van der Waals surface area contributed by atoms with E-state index in [9.17, 15) is 5.11 Å². The lowest BCUT2D eigenvalue weighted by molar-refractivity contribution is 0.0682. The molecule has 0 aliphatic rings.